The van der Waals surface area contributed by atoms with Gasteiger partial charge in [0.15, 0.2) is 18.1 Å². The van der Waals surface area contributed by atoms with E-state index in [-0.39, 0.29) is 18.1 Å². The molecule has 150 valence electrons. The maximum atomic E-state index is 12.4. The number of nitrogens with zero attached hydrogens (tertiary/aromatic N) is 1. The van der Waals surface area contributed by atoms with Crippen molar-refractivity contribution >= 4 is 5.91 Å². The van der Waals surface area contributed by atoms with E-state index in [2.05, 4.69) is 10.2 Å². The van der Waals surface area contributed by atoms with Crippen molar-refractivity contribution in [1.29, 1.82) is 0 Å². The van der Waals surface area contributed by atoms with Gasteiger partial charge in [0.1, 0.15) is 0 Å². The van der Waals surface area contributed by atoms with Crippen LogP contribution in [0.2, 0.25) is 0 Å². The molecule has 1 aromatic rings. The number of rotatable bonds is 8. The van der Waals surface area contributed by atoms with Crippen LogP contribution in [0.15, 0.2) is 24.3 Å². The number of benzene rings is 1. The summed E-state index contributed by atoms with van der Waals surface area (Å²) in [6.07, 6.45) is 6.02. The molecule has 1 heterocycles. The van der Waals surface area contributed by atoms with Gasteiger partial charge in [0.05, 0.1) is 19.8 Å². The van der Waals surface area contributed by atoms with Crippen LogP contribution in [0.3, 0.4) is 0 Å². The van der Waals surface area contributed by atoms with Gasteiger partial charge in [0.2, 0.25) is 0 Å². The quantitative estimate of drug-likeness (QED) is 0.756. The van der Waals surface area contributed by atoms with Crippen LogP contribution in [0.25, 0.3) is 0 Å². The van der Waals surface area contributed by atoms with E-state index in [0.717, 1.165) is 39.1 Å². The zero-order valence-electron chi connectivity index (χ0n) is 16.4. The minimum Gasteiger partial charge on any atom is -0.490 e. The Morgan fingerprint density at radius 1 is 1.11 bits per heavy atom. The standard InChI is InChI=1S/C21H32N2O4/c1-2-26-18-8-4-5-9-19(18)27-16-20(24)22-17-21(10-6-3-7-11-21)23-12-14-25-15-13-23/h4-5,8-9H,2-3,6-7,10-17H2,1H3,(H,22,24). The smallest absolute Gasteiger partial charge is 0.258 e. The first-order chi connectivity index (χ1) is 13.2. The second kappa shape index (κ2) is 9.95. The van der Waals surface area contributed by atoms with E-state index in [4.69, 9.17) is 14.2 Å². The van der Waals surface area contributed by atoms with Crippen LogP contribution in [0.4, 0.5) is 0 Å². The molecule has 1 amide bonds. The summed E-state index contributed by atoms with van der Waals surface area (Å²) in [6, 6.07) is 7.46. The molecule has 1 saturated heterocycles. The van der Waals surface area contributed by atoms with Gasteiger partial charge >= 0.3 is 0 Å². The lowest BCUT2D eigenvalue weighted by atomic mass is 9.79. The molecule has 1 aliphatic carbocycles. The number of nitrogens with one attached hydrogen (secondary N) is 1. The molecule has 6 nitrogen and oxygen atoms in total. The molecule has 0 bridgehead atoms. The Balaban J connectivity index is 1.53. The van der Waals surface area contributed by atoms with E-state index in [1.165, 1.54) is 19.3 Å². The highest BCUT2D eigenvalue weighted by molar-refractivity contribution is 5.77. The fourth-order valence-electron chi connectivity index (χ4n) is 4.15. The van der Waals surface area contributed by atoms with Crippen molar-refractivity contribution in [2.75, 3.05) is 46.1 Å². The third-order valence-electron chi connectivity index (χ3n) is 5.59. The Labute approximate surface area is 162 Å². The highest BCUT2D eigenvalue weighted by atomic mass is 16.5. The molecular formula is C21H32N2O4. The predicted molar refractivity (Wildman–Crippen MR) is 104 cm³/mol. The summed E-state index contributed by atoms with van der Waals surface area (Å²) in [6.45, 7) is 6.65. The number of ether oxygens (including phenoxy) is 3. The van der Waals surface area contributed by atoms with Crippen LogP contribution in [0.5, 0.6) is 11.5 Å². The monoisotopic (exact) mass is 376 g/mol. The van der Waals surface area contributed by atoms with Crippen molar-refractivity contribution in [3.05, 3.63) is 24.3 Å². The fourth-order valence-corrected chi connectivity index (χ4v) is 4.15. The van der Waals surface area contributed by atoms with Crippen LogP contribution in [0, 0.1) is 0 Å². The van der Waals surface area contributed by atoms with Crippen molar-refractivity contribution in [2.45, 2.75) is 44.6 Å². The Bertz CT molecular complexity index is 596. The molecular weight excluding hydrogens is 344 g/mol. The van der Waals surface area contributed by atoms with Crippen LogP contribution in [-0.4, -0.2) is 62.4 Å². The summed E-state index contributed by atoms with van der Waals surface area (Å²) in [5.41, 5.74) is 0.0704. The minimum absolute atomic E-state index is 0.00325. The number of carbonyl (C=O) groups is 1. The van der Waals surface area contributed by atoms with Gasteiger partial charge in [-0.2, -0.15) is 0 Å². The third kappa shape index (κ3) is 5.36. The molecule has 1 aromatic carbocycles. The lowest BCUT2D eigenvalue weighted by molar-refractivity contribution is -0.124. The second-order valence-corrected chi connectivity index (χ2v) is 7.33. The first-order valence-electron chi connectivity index (χ1n) is 10.2. The molecule has 0 radical (unpaired) electrons. The average molecular weight is 376 g/mol. The van der Waals surface area contributed by atoms with E-state index < -0.39 is 0 Å². The van der Waals surface area contributed by atoms with E-state index in [9.17, 15) is 4.79 Å². The summed E-state index contributed by atoms with van der Waals surface area (Å²) in [7, 11) is 0. The third-order valence-corrected chi connectivity index (χ3v) is 5.59. The first kappa shape index (κ1) is 20.0. The number of para-hydroxylation sites is 2. The predicted octanol–water partition coefficient (Wildman–Crippen LogP) is 2.62. The summed E-state index contributed by atoms with van der Waals surface area (Å²) in [4.78, 5) is 15.0. The summed E-state index contributed by atoms with van der Waals surface area (Å²) in [5.74, 6) is 1.19. The SMILES string of the molecule is CCOc1ccccc1OCC(=O)NCC1(N2CCOCC2)CCCCC1. The molecule has 1 aliphatic heterocycles. The highest BCUT2D eigenvalue weighted by Crippen LogP contribution is 2.34. The highest BCUT2D eigenvalue weighted by Gasteiger charge is 2.38. The molecule has 0 aromatic heterocycles. The maximum absolute atomic E-state index is 12.4. The topological polar surface area (TPSA) is 60.0 Å². The van der Waals surface area contributed by atoms with Gasteiger partial charge in [-0.3, -0.25) is 9.69 Å². The van der Waals surface area contributed by atoms with Crippen molar-refractivity contribution in [3.8, 4) is 11.5 Å². The number of hydrogen-bond acceptors (Lipinski definition) is 5. The normalized spacial score (nSPS) is 20.0. The molecule has 1 saturated carbocycles. The molecule has 0 spiro atoms. The zero-order chi connectivity index (χ0) is 19.0. The zero-order valence-corrected chi connectivity index (χ0v) is 16.4. The molecule has 2 aliphatic rings. The molecule has 2 fully saturated rings. The number of carbonyl (C=O) groups excluding carboxylic acids is 1. The largest absolute Gasteiger partial charge is 0.490 e. The van der Waals surface area contributed by atoms with Crippen molar-refractivity contribution in [2.24, 2.45) is 0 Å². The van der Waals surface area contributed by atoms with Crippen LogP contribution >= 0.6 is 0 Å². The summed E-state index contributed by atoms with van der Waals surface area (Å²) < 4.78 is 16.8. The van der Waals surface area contributed by atoms with Crippen molar-refractivity contribution in [1.82, 2.24) is 10.2 Å². The molecule has 3 rings (SSSR count). The van der Waals surface area contributed by atoms with Gasteiger partial charge in [-0.25, -0.2) is 0 Å². The lowest BCUT2D eigenvalue weighted by Crippen LogP contribution is -2.60. The van der Waals surface area contributed by atoms with Crippen LogP contribution in [-0.2, 0) is 9.53 Å². The Hall–Kier alpha value is -1.79. The van der Waals surface area contributed by atoms with Gasteiger partial charge in [-0.1, -0.05) is 31.4 Å². The van der Waals surface area contributed by atoms with Crippen molar-refractivity contribution < 1.29 is 19.0 Å². The fraction of sp³-hybridized carbons (Fsp3) is 0.667. The summed E-state index contributed by atoms with van der Waals surface area (Å²) in [5, 5.41) is 3.12. The number of hydrogen-bond donors (Lipinski definition) is 1. The van der Waals surface area contributed by atoms with E-state index >= 15 is 0 Å². The van der Waals surface area contributed by atoms with E-state index in [1.807, 2.05) is 31.2 Å². The second-order valence-electron chi connectivity index (χ2n) is 7.33. The van der Waals surface area contributed by atoms with E-state index in [1.54, 1.807) is 0 Å². The molecule has 27 heavy (non-hydrogen) atoms. The Kier molecular flexibility index (Phi) is 7.35. The van der Waals surface area contributed by atoms with Gasteiger partial charge in [-0.15, -0.1) is 0 Å². The minimum atomic E-state index is -0.0838. The van der Waals surface area contributed by atoms with E-state index in [0.29, 0.717) is 24.7 Å². The first-order valence-corrected chi connectivity index (χ1v) is 10.2. The van der Waals surface area contributed by atoms with Gasteiger partial charge in [-0.05, 0) is 31.9 Å². The Morgan fingerprint density at radius 2 is 1.78 bits per heavy atom. The number of morpholine rings is 1. The van der Waals surface area contributed by atoms with Crippen LogP contribution in [0.1, 0.15) is 39.0 Å². The molecule has 1 N–H and O–H groups in total. The van der Waals surface area contributed by atoms with Gasteiger partial charge in [0.25, 0.3) is 5.91 Å². The molecule has 0 atom stereocenters. The van der Waals surface area contributed by atoms with Gasteiger partial charge < -0.3 is 19.5 Å². The number of amides is 1. The molecule has 0 unspecified atom stereocenters. The maximum Gasteiger partial charge on any atom is 0.258 e. The summed E-state index contributed by atoms with van der Waals surface area (Å²) >= 11 is 0. The average Bonchev–Trinajstić information content (AvgIpc) is 2.73. The lowest BCUT2D eigenvalue weighted by Gasteiger charge is -2.48. The van der Waals surface area contributed by atoms with Crippen LogP contribution < -0.4 is 14.8 Å². The molecule has 6 heteroatoms. The van der Waals surface area contributed by atoms with Crippen molar-refractivity contribution in [3.63, 3.8) is 0 Å². The van der Waals surface area contributed by atoms with Gasteiger partial charge in [0, 0.05) is 25.2 Å². The Morgan fingerprint density at radius 3 is 2.44 bits per heavy atom.